The van der Waals surface area contributed by atoms with Crippen molar-refractivity contribution < 1.29 is 9.90 Å². The fourth-order valence-electron chi connectivity index (χ4n) is 0.999. The van der Waals surface area contributed by atoms with Crippen molar-refractivity contribution in [2.45, 2.75) is 0 Å². The molecule has 16 heavy (non-hydrogen) atoms. The monoisotopic (exact) mass is 281 g/mol. The number of benzene rings is 1. The minimum Gasteiger partial charge on any atom is -0.508 e. The van der Waals surface area contributed by atoms with Crippen LogP contribution in [-0.4, -0.2) is 17.6 Å². The second-order valence-electron chi connectivity index (χ2n) is 3.16. The largest absolute Gasteiger partial charge is 0.508 e. The first-order chi connectivity index (χ1) is 7.58. The van der Waals surface area contributed by atoms with Gasteiger partial charge < -0.3 is 10.4 Å². The van der Waals surface area contributed by atoms with Crippen LogP contribution in [0.3, 0.4) is 0 Å². The molecule has 0 fully saturated rings. The zero-order chi connectivity index (χ0) is 12.0. The standard InChI is InChI=1S/C12H12BrNO2/c1-9(13)8-14-12(16)7-4-10-2-5-11(15)6-3-10/h2-7,15H,1,8H2,(H,14,16)/b7-4+. The lowest BCUT2D eigenvalue weighted by Crippen LogP contribution is -2.21. The first-order valence-electron chi connectivity index (χ1n) is 4.66. The van der Waals surface area contributed by atoms with Gasteiger partial charge in [0.05, 0.1) is 0 Å². The quantitative estimate of drug-likeness (QED) is 0.833. The molecule has 1 aromatic rings. The van der Waals surface area contributed by atoms with Crippen LogP contribution in [0.15, 0.2) is 41.4 Å². The Bertz CT molecular complexity index is 410. The van der Waals surface area contributed by atoms with Crippen LogP contribution in [0, 0.1) is 0 Å². The normalized spacial score (nSPS) is 10.3. The maximum Gasteiger partial charge on any atom is 0.244 e. The second-order valence-corrected chi connectivity index (χ2v) is 4.28. The summed E-state index contributed by atoms with van der Waals surface area (Å²) in [6, 6.07) is 6.58. The Hall–Kier alpha value is -1.55. The Kier molecular flexibility index (Phi) is 4.79. The molecule has 84 valence electrons. The van der Waals surface area contributed by atoms with Gasteiger partial charge in [-0.15, -0.1) is 0 Å². The number of rotatable bonds is 4. The van der Waals surface area contributed by atoms with Crippen LogP contribution < -0.4 is 5.32 Å². The average molecular weight is 282 g/mol. The maximum absolute atomic E-state index is 11.3. The van der Waals surface area contributed by atoms with Gasteiger partial charge in [-0.05, 0) is 23.8 Å². The minimum atomic E-state index is -0.186. The maximum atomic E-state index is 11.3. The van der Waals surface area contributed by atoms with Crippen LogP contribution in [0.25, 0.3) is 6.08 Å². The average Bonchev–Trinajstić information content (AvgIpc) is 2.25. The van der Waals surface area contributed by atoms with E-state index < -0.39 is 0 Å². The topological polar surface area (TPSA) is 49.3 Å². The SMILES string of the molecule is C=C(Br)CNC(=O)/C=C/c1ccc(O)cc1. The Morgan fingerprint density at radius 3 is 2.62 bits per heavy atom. The van der Waals surface area contributed by atoms with E-state index in [-0.39, 0.29) is 11.7 Å². The smallest absolute Gasteiger partial charge is 0.244 e. The van der Waals surface area contributed by atoms with E-state index in [1.807, 2.05) is 0 Å². The number of hydrogen-bond donors (Lipinski definition) is 2. The fraction of sp³-hybridized carbons (Fsp3) is 0.0833. The Morgan fingerprint density at radius 2 is 2.06 bits per heavy atom. The highest BCUT2D eigenvalue weighted by atomic mass is 79.9. The number of phenols is 1. The van der Waals surface area contributed by atoms with Gasteiger partial charge in [-0.1, -0.05) is 34.6 Å². The van der Waals surface area contributed by atoms with E-state index in [0.717, 1.165) is 10.0 Å². The van der Waals surface area contributed by atoms with Crippen molar-refractivity contribution in [1.82, 2.24) is 5.32 Å². The molecule has 3 nitrogen and oxygen atoms in total. The lowest BCUT2D eigenvalue weighted by molar-refractivity contribution is -0.116. The molecule has 0 bridgehead atoms. The molecule has 4 heteroatoms. The van der Waals surface area contributed by atoms with E-state index in [4.69, 9.17) is 5.11 Å². The summed E-state index contributed by atoms with van der Waals surface area (Å²) in [7, 11) is 0. The Labute approximate surface area is 103 Å². The second kappa shape index (κ2) is 6.12. The van der Waals surface area contributed by atoms with E-state index >= 15 is 0 Å². The van der Waals surface area contributed by atoms with E-state index in [2.05, 4.69) is 27.8 Å². The van der Waals surface area contributed by atoms with Gasteiger partial charge in [0.1, 0.15) is 5.75 Å². The summed E-state index contributed by atoms with van der Waals surface area (Å²) in [5, 5.41) is 11.7. The molecule has 0 heterocycles. The summed E-state index contributed by atoms with van der Waals surface area (Å²) in [5.41, 5.74) is 0.852. The number of carbonyl (C=O) groups excluding carboxylic acids is 1. The predicted molar refractivity (Wildman–Crippen MR) is 68.2 cm³/mol. The van der Waals surface area contributed by atoms with E-state index in [9.17, 15) is 4.79 Å². The molecule has 1 rings (SSSR count). The van der Waals surface area contributed by atoms with Crippen molar-refractivity contribution in [3.63, 3.8) is 0 Å². The van der Waals surface area contributed by atoms with Crippen LogP contribution >= 0.6 is 15.9 Å². The van der Waals surface area contributed by atoms with E-state index in [1.54, 1.807) is 30.3 Å². The van der Waals surface area contributed by atoms with Gasteiger partial charge in [0.2, 0.25) is 5.91 Å². The van der Waals surface area contributed by atoms with Crippen molar-refractivity contribution >= 4 is 27.9 Å². The van der Waals surface area contributed by atoms with Crippen molar-refractivity contribution in [3.05, 3.63) is 47.0 Å². The van der Waals surface area contributed by atoms with Crippen molar-refractivity contribution in [2.24, 2.45) is 0 Å². The van der Waals surface area contributed by atoms with Crippen LogP contribution in [0.2, 0.25) is 0 Å². The number of halogens is 1. The number of amides is 1. The third-order valence-corrected chi connectivity index (χ3v) is 2.06. The van der Waals surface area contributed by atoms with Crippen LogP contribution in [0.5, 0.6) is 5.75 Å². The summed E-state index contributed by atoms with van der Waals surface area (Å²) in [6.45, 7) is 4.01. The molecule has 1 aromatic carbocycles. The van der Waals surface area contributed by atoms with Crippen LogP contribution in [0.4, 0.5) is 0 Å². The molecule has 2 N–H and O–H groups in total. The molecule has 0 atom stereocenters. The van der Waals surface area contributed by atoms with Crippen LogP contribution in [0.1, 0.15) is 5.56 Å². The molecule has 0 aliphatic carbocycles. The van der Waals surface area contributed by atoms with E-state index in [1.165, 1.54) is 6.08 Å². The first-order valence-corrected chi connectivity index (χ1v) is 5.45. The van der Waals surface area contributed by atoms with Gasteiger partial charge in [0.25, 0.3) is 0 Å². The molecule has 0 aromatic heterocycles. The first kappa shape index (κ1) is 12.5. The number of aromatic hydroxyl groups is 1. The zero-order valence-corrected chi connectivity index (χ0v) is 10.2. The van der Waals surface area contributed by atoms with Crippen molar-refractivity contribution in [2.75, 3.05) is 6.54 Å². The molecule has 0 aliphatic heterocycles. The number of phenolic OH excluding ortho intramolecular Hbond substituents is 1. The number of carbonyl (C=O) groups is 1. The number of nitrogens with one attached hydrogen (secondary N) is 1. The highest BCUT2D eigenvalue weighted by Crippen LogP contribution is 2.10. The summed E-state index contributed by atoms with van der Waals surface area (Å²) < 4.78 is 0.721. The third-order valence-electron chi connectivity index (χ3n) is 1.77. The summed E-state index contributed by atoms with van der Waals surface area (Å²) in [4.78, 5) is 11.3. The molecule has 0 saturated carbocycles. The number of hydrogen-bond acceptors (Lipinski definition) is 2. The third kappa shape index (κ3) is 4.79. The van der Waals surface area contributed by atoms with Crippen LogP contribution in [-0.2, 0) is 4.79 Å². The molecule has 1 amide bonds. The van der Waals surface area contributed by atoms with Gasteiger partial charge in [-0.2, -0.15) is 0 Å². The van der Waals surface area contributed by atoms with Gasteiger partial charge in [0.15, 0.2) is 0 Å². The highest BCUT2D eigenvalue weighted by molar-refractivity contribution is 9.11. The van der Waals surface area contributed by atoms with E-state index in [0.29, 0.717) is 6.54 Å². The molecule has 0 spiro atoms. The lowest BCUT2D eigenvalue weighted by atomic mass is 10.2. The molecular formula is C12H12BrNO2. The van der Waals surface area contributed by atoms with Gasteiger partial charge in [-0.25, -0.2) is 0 Å². The summed E-state index contributed by atoms with van der Waals surface area (Å²) in [5.74, 6) is 0.0193. The molecule has 0 unspecified atom stereocenters. The minimum absolute atomic E-state index is 0.186. The van der Waals surface area contributed by atoms with Crippen molar-refractivity contribution in [1.29, 1.82) is 0 Å². The molecule has 0 radical (unpaired) electrons. The Balaban J connectivity index is 2.50. The predicted octanol–water partition coefficient (Wildman–Crippen LogP) is 2.43. The van der Waals surface area contributed by atoms with Gasteiger partial charge in [-0.3, -0.25) is 4.79 Å². The Morgan fingerprint density at radius 1 is 1.44 bits per heavy atom. The van der Waals surface area contributed by atoms with Gasteiger partial charge >= 0.3 is 0 Å². The van der Waals surface area contributed by atoms with Gasteiger partial charge in [0, 0.05) is 17.1 Å². The molecular weight excluding hydrogens is 270 g/mol. The summed E-state index contributed by atoms with van der Waals surface area (Å²) >= 11 is 3.15. The fourth-order valence-corrected chi connectivity index (χ4v) is 1.14. The highest BCUT2D eigenvalue weighted by Gasteiger charge is 1.95. The zero-order valence-electron chi connectivity index (χ0n) is 8.61. The lowest BCUT2D eigenvalue weighted by Gasteiger charge is -1.99. The molecule has 0 aliphatic rings. The molecule has 0 saturated heterocycles. The summed E-state index contributed by atoms with van der Waals surface area (Å²) in [6.07, 6.45) is 3.11. The van der Waals surface area contributed by atoms with Crippen molar-refractivity contribution in [3.8, 4) is 5.75 Å².